The van der Waals surface area contributed by atoms with Gasteiger partial charge in [-0.1, -0.05) is 116 Å². The zero-order valence-electron chi connectivity index (χ0n) is 72.6. The number of aliphatic hydroxyl groups is 2. The smallest absolute Gasteiger partial charge is 0.303 e. The van der Waals surface area contributed by atoms with E-state index in [0.717, 1.165) is 6.92 Å². The van der Waals surface area contributed by atoms with Crippen molar-refractivity contribution in [1.82, 2.24) is 83.9 Å². The number of aromatic amines is 1. The number of aromatic hydroxyl groups is 1. The first-order valence-corrected chi connectivity index (χ1v) is 42.3. The average Bonchev–Trinajstić information content (AvgIpc) is 1.83. The van der Waals surface area contributed by atoms with Crippen molar-refractivity contribution in [2.24, 2.45) is 40.9 Å². The van der Waals surface area contributed by atoms with E-state index in [4.69, 9.17) is 22.6 Å². The highest BCUT2D eigenvalue weighted by Crippen LogP contribution is 2.25. The lowest BCUT2D eigenvalue weighted by Gasteiger charge is -2.31. The van der Waals surface area contributed by atoms with E-state index in [2.05, 4.69) is 74.1 Å². The largest absolute Gasteiger partial charge is 0.508 e. The molecule has 126 heavy (non-hydrogen) atoms. The number of guanidine groups is 1. The minimum Gasteiger partial charge on any atom is -0.508 e. The Bertz CT molecular complexity index is 4510. The molecule has 2 fully saturated rings. The molecule has 0 spiro atoms. The van der Waals surface area contributed by atoms with E-state index in [1.807, 2.05) is 13.8 Å². The van der Waals surface area contributed by atoms with Gasteiger partial charge in [0.1, 0.15) is 72.2 Å². The lowest BCUT2D eigenvalue weighted by atomic mass is 9.89. The topological polar surface area (TPSA) is 652 Å². The zero-order chi connectivity index (χ0) is 93.5. The van der Waals surface area contributed by atoms with Gasteiger partial charge in [-0.2, -0.15) is 0 Å². The number of primary amides is 1. The summed E-state index contributed by atoms with van der Waals surface area (Å²) in [6.07, 6.45) is -2.17. The Hall–Kier alpha value is -12.7. The van der Waals surface area contributed by atoms with Gasteiger partial charge in [-0.05, 0) is 118 Å². The number of amides is 15. The maximum Gasteiger partial charge on any atom is 0.303 e. The first kappa shape index (κ1) is 102. The number of aliphatic carboxylic acids is 1. The summed E-state index contributed by atoms with van der Waals surface area (Å²) in [4.78, 5) is 245. The monoisotopic (exact) mass is 1760 g/mol. The standard InChI is InChI=1S/C85H124N20O21/c1-11-45(6)68(82(124)102-70(47(8)106)73(87)115)100-78(120)60(37-51-27-29-53(109)30-28-51)94-64(110)41-93-79(121)62-25-19-35-105(62)84(126)61(38-50-20-13-12-14-21-50)98-83(125)71(48(9)107)103-81(123)67(44(4)5)99-65(111)42-92-74(116)46(7)69(101-77(119)57(24-17-33-90-85(88)89)95-75(117)55(86)36-43(2)3)72(114)59(39-52-40-91-56-23-16-15-22-54(52)56)97-76(118)58(31-32-66(112)113)96-80(122)63-26-18-34-104(63)49(10)108/h12-16,20-23,27-30,40,43-48,55,57-63,67-71,91,106-107,109H,11,17-19,24-26,31-39,41-42,86H2,1-10H3,(H2,87,115)(H,92,116)(H,93,121)(H,94,110)(H,95,117)(H,96,122)(H,97,118)(H,98,125)(H,99,111)(H,100,120)(H,101,119)(H,102,124)(H,103,123)(H,112,113)(H4,88,89,90)/t45-,46?,47+,48+,55-,57-,58-,59-,60-,61-,62-,63-,67-,68-,69?,70-,71-/m0/s1. The zero-order valence-corrected chi connectivity index (χ0v) is 72.6. The SMILES string of the molecule is CC[C@H](C)[C@H](NC(=O)[C@H](Cc1ccc(O)cc1)NC(=O)CNC(=O)[C@@H]1CCCN1C(=O)[C@H](Cc1ccccc1)NC(=O)[C@@H](NC(=O)[C@@H](NC(=O)CNC(=O)C(C)C(NC(=O)[C@H](CCCNC(=N)N)NC(=O)[C@@H](N)CC(C)C)C(=O)[C@H](Cc1c[nH]c2ccccc12)NC(=O)[C@H](CCC(=O)O)NC(=O)[C@@H]1CCCN1C(C)=O)C(C)C)[C@@H](C)O)C(=O)N[C@H](C(N)=O)[C@@H](C)O. The number of para-hydroxylation sites is 1. The number of hydrogen-bond acceptors (Lipinski definition) is 22. The number of fused-ring (bicyclic) bond motifs is 1. The van der Waals surface area contributed by atoms with Crippen molar-refractivity contribution in [2.45, 2.75) is 243 Å². The van der Waals surface area contributed by atoms with E-state index >= 15 is 4.79 Å². The molecular formula is C85H124N20O21. The van der Waals surface area contributed by atoms with Crippen LogP contribution in [0.4, 0.5) is 0 Å². The number of benzene rings is 3. The number of hydrogen-bond donors (Lipinski definition) is 22. The number of nitrogens with two attached hydrogens (primary N) is 3. The van der Waals surface area contributed by atoms with Crippen LogP contribution in [0.3, 0.4) is 0 Å². The fourth-order valence-electron chi connectivity index (χ4n) is 14.8. The molecule has 2 aliphatic rings. The number of aliphatic hydroxyl groups excluding tert-OH is 2. The van der Waals surface area contributed by atoms with Crippen molar-refractivity contribution >= 4 is 117 Å². The fourth-order valence-corrected chi connectivity index (χ4v) is 14.8. The van der Waals surface area contributed by atoms with Gasteiger partial charge in [0.25, 0.3) is 0 Å². The van der Waals surface area contributed by atoms with E-state index in [-0.39, 0.29) is 82.7 Å². The highest BCUT2D eigenvalue weighted by atomic mass is 16.4. The van der Waals surface area contributed by atoms with Crippen LogP contribution in [0, 0.1) is 29.1 Å². The minimum absolute atomic E-state index is 0.0169. The number of carbonyl (C=O) groups excluding carboxylic acids is 16. The number of nitrogens with one attached hydrogen (secondary N) is 15. The molecule has 4 aromatic rings. The Balaban J connectivity index is 1.23. The maximum absolute atomic E-state index is 15.8. The molecule has 690 valence electrons. The third-order valence-electron chi connectivity index (χ3n) is 22.0. The molecule has 15 amide bonds. The van der Waals surface area contributed by atoms with Crippen molar-refractivity contribution in [3.8, 4) is 5.75 Å². The number of nitrogens with zero attached hydrogens (tertiary/aromatic N) is 2. The van der Waals surface area contributed by atoms with Crippen molar-refractivity contribution in [1.29, 1.82) is 5.41 Å². The first-order valence-electron chi connectivity index (χ1n) is 42.3. The van der Waals surface area contributed by atoms with Gasteiger partial charge in [-0.25, -0.2) is 0 Å². The first-order chi connectivity index (χ1) is 59.5. The molecule has 0 radical (unpaired) electrons. The number of aromatic nitrogens is 1. The summed E-state index contributed by atoms with van der Waals surface area (Å²) in [5.41, 5.74) is 19.2. The van der Waals surface area contributed by atoms with Gasteiger partial charge < -0.3 is 122 Å². The summed E-state index contributed by atoms with van der Waals surface area (Å²) < 4.78 is 0. The number of phenols is 1. The van der Waals surface area contributed by atoms with Crippen LogP contribution < -0.4 is 86.3 Å². The molecule has 2 unspecified atom stereocenters. The van der Waals surface area contributed by atoms with E-state index in [1.54, 1.807) is 74.6 Å². The van der Waals surface area contributed by atoms with Crippen molar-refractivity contribution in [3.05, 3.63) is 102 Å². The van der Waals surface area contributed by atoms with Crippen molar-refractivity contribution < 1.29 is 102 Å². The number of Topliss-reactive ketones (excluding diaryl/α,β-unsaturated/α-hetero) is 1. The number of H-pyrrole nitrogens is 1. The normalized spacial score (nSPS) is 17.3. The average molecular weight is 1760 g/mol. The van der Waals surface area contributed by atoms with Gasteiger partial charge in [-0.15, -0.1) is 0 Å². The van der Waals surface area contributed by atoms with Gasteiger partial charge in [0.05, 0.1) is 43.3 Å². The summed E-state index contributed by atoms with van der Waals surface area (Å²) in [6.45, 7) is 13.4. The van der Waals surface area contributed by atoms with Crippen LogP contribution >= 0.6 is 0 Å². The molecule has 2 aliphatic heterocycles. The molecule has 1 aromatic heterocycles. The summed E-state index contributed by atoms with van der Waals surface area (Å²) >= 11 is 0. The minimum atomic E-state index is -2.01. The lowest BCUT2D eigenvalue weighted by molar-refractivity contribution is -0.142. The lowest BCUT2D eigenvalue weighted by Crippen LogP contribution is -2.62. The molecule has 0 aliphatic carbocycles. The number of phenolic OH excluding ortho intramolecular Hbond substituents is 1. The molecule has 6 rings (SSSR count). The van der Waals surface area contributed by atoms with Crippen LogP contribution in [-0.2, 0) is 101 Å². The van der Waals surface area contributed by atoms with Gasteiger partial charge in [0.15, 0.2) is 11.7 Å². The quantitative estimate of drug-likeness (QED) is 0.0117. The molecule has 3 heterocycles. The van der Waals surface area contributed by atoms with E-state index in [9.17, 15) is 97.1 Å². The molecule has 41 heteroatoms. The second-order valence-corrected chi connectivity index (χ2v) is 32.8. The van der Waals surface area contributed by atoms with Gasteiger partial charge in [-0.3, -0.25) is 86.9 Å². The third kappa shape index (κ3) is 30.9. The molecule has 3 aromatic carbocycles. The maximum atomic E-state index is 15.8. The second kappa shape index (κ2) is 49.1. The summed E-state index contributed by atoms with van der Waals surface area (Å²) in [6, 6.07) is 1.33. The Morgan fingerprint density at radius 3 is 1.65 bits per heavy atom. The van der Waals surface area contributed by atoms with Gasteiger partial charge in [0, 0.05) is 69.3 Å². The summed E-state index contributed by atoms with van der Waals surface area (Å²) in [5, 5.41) is 82.7. The number of ketones is 1. The Labute approximate surface area is 729 Å². The van der Waals surface area contributed by atoms with Crippen LogP contribution in [0.5, 0.6) is 5.75 Å². The van der Waals surface area contributed by atoms with Crippen LogP contribution in [0.25, 0.3) is 10.9 Å². The van der Waals surface area contributed by atoms with Crippen LogP contribution in [-0.4, -0.2) is 265 Å². The Morgan fingerprint density at radius 1 is 0.524 bits per heavy atom. The van der Waals surface area contributed by atoms with Crippen LogP contribution in [0.1, 0.15) is 150 Å². The molecular weight excluding hydrogens is 1640 g/mol. The van der Waals surface area contributed by atoms with E-state index < -0.39 is 247 Å². The number of rotatable bonds is 49. The highest BCUT2D eigenvalue weighted by Gasteiger charge is 2.44. The predicted octanol–water partition coefficient (Wildman–Crippen LogP) is -3.36. The molecule has 17 atom stereocenters. The third-order valence-corrected chi connectivity index (χ3v) is 22.0. The van der Waals surface area contributed by atoms with E-state index in [0.29, 0.717) is 40.4 Å². The molecule has 0 bridgehead atoms. The molecule has 2 saturated heterocycles. The van der Waals surface area contributed by atoms with E-state index in [1.165, 1.54) is 68.7 Å². The predicted molar refractivity (Wildman–Crippen MR) is 459 cm³/mol. The molecule has 25 N–H and O–H groups in total. The molecule has 41 nitrogen and oxygen atoms in total. The number of carbonyl (C=O) groups is 17. The highest BCUT2D eigenvalue weighted by molar-refractivity contribution is 6.03. The summed E-state index contributed by atoms with van der Waals surface area (Å²) in [7, 11) is 0. The Morgan fingerprint density at radius 2 is 1.05 bits per heavy atom. The van der Waals surface area contributed by atoms with Crippen molar-refractivity contribution in [3.63, 3.8) is 0 Å². The second-order valence-electron chi connectivity index (χ2n) is 32.8. The Kier molecular flexibility index (Phi) is 39.8. The number of carboxylic acid groups (broad SMARTS) is 1. The van der Waals surface area contributed by atoms with Crippen LogP contribution in [0.2, 0.25) is 0 Å². The fraction of sp³-hybridized carbons (Fsp3) is 0.553. The van der Waals surface area contributed by atoms with Gasteiger partial charge in [0.2, 0.25) is 88.6 Å². The van der Waals surface area contributed by atoms with Crippen LogP contribution in [0.15, 0.2) is 85.1 Å². The summed E-state index contributed by atoms with van der Waals surface area (Å²) in [5.74, 6) is -19.8. The van der Waals surface area contributed by atoms with Gasteiger partial charge >= 0.3 is 5.97 Å². The number of carboxylic acids is 1. The number of likely N-dealkylation sites (tertiary alicyclic amines) is 2. The molecule has 0 saturated carbocycles. The van der Waals surface area contributed by atoms with Crippen molar-refractivity contribution in [2.75, 3.05) is 32.7 Å².